The minimum atomic E-state index is -1.29. The van der Waals surface area contributed by atoms with Gasteiger partial charge in [-0.1, -0.05) is 32.0 Å². The van der Waals surface area contributed by atoms with Crippen LogP contribution in [0.1, 0.15) is 123 Å². The summed E-state index contributed by atoms with van der Waals surface area (Å²) in [4.78, 5) is 63.5. The number of aliphatic hydroxyl groups excluding tert-OH is 1. The molecule has 2 aromatic heterocycles. The molecule has 0 spiro atoms. The minimum absolute atomic E-state index is 0.0101. The number of methoxy groups -OCH3 is 2. The lowest BCUT2D eigenvalue weighted by atomic mass is 9.85. The molecular weight excluding hydrogens is 917 g/mol. The fourth-order valence-corrected chi connectivity index (χ4v) is 12.9. The van der Waals surface area contributed by atoms with Gasteiger partial charge in [-0.05, 0) is 150 Å². The number of hydrogen-bond acceptors (Lipinski definition) is 12. The second kappa shape index (κ2) is 20.0. The number of benzene rings is 3. The van der Waals surface area contributed by atoms with Crippen molar-refractivity contribution in [1.29, 1.82) is 0 Å². The molecule has 3 amide bonds. The van der Waals surface area contributed by atoms with Crippen molar-refractivity contribution in [1.82, 2.24) is 40.4 Å². The number of imidazole rings is 2. The van der Waals surface area contributed by atoms with Crippen LogP contribution >= 0.6 is 0 Å². The number of nitrogens with zero attached hydrogens (tertiary/aromatic N) is 4. The zero-order valence-corrected chi connectivity index (χ0v) is 43.2. The normalized spacial score (nSPS) is 30.7. The molecule has 3 aromatic carbocycles. The zero-order valence-electron chi connectivity index (χ0n) is 43.2. The lowest BCUT2D eigenvalue weighted by Gasteiger charge is -2.40. The van der Waals surface area contributed by atoms with Crippen molar-refractivity contribution in [3.63, 3.8) is 0 Å². The number of likely N-dealkylation sites (tertiary alicyclic amines) is 2. The topological polar surface area (TPSA) is 205 Å². The van der Waals surface area contributed by atoms with E-state index in [4.69, 9.17) is 33.7 Å². The molecule has 17 nitrogen and oxygen atoms in total. The zero-order chi connectivity index (χ0) is 50.9. The Balaban J connectivity index is 0.904. The third-order valence-electron chi connectivity index (χ3n) is 16.7. The molecular formula is C55H72N8O9. The summed E-state index contributed by atoms with van der Waals surface area (Å²) in [6, 6.07) is 12.6. The van der Waals surface area contributed by atoms with Crippen LogP contribution in [0.5, 0.6) is 5.75 Å². The number of aliphatic hydroxyl groups is 1. The number of aromatic nitrogens is 4. The summed E-state index contributed by atoms with van der Waals surface area (Å²) < 4.78 is 28.8. The van der Waals surface area contributed by atoms with Crippen LogP contribution in [0.2, 0.25) is 0 Å². The van der Waals surface area contributed by atoms with Crippen LogP contribution in [0.3, 0.4) is 0 Å². The summed E-state index contributed by atoms with van der Waals surface area (Å²) in [5.74, 6) is 2.26. The van der Waals surface area contributed by atoms with Gasteiger partial charge >= 0.3 is 6.09 Å². The first kappa shape index (κ1) is 50.0. The second-order valence-electron chi connectivity index (χ2n) is 21.7. The molecule has 5 aromatic rings. The molecule has 386 valence electrons. The van der Waals surface area contributed by atoms with E-state index < -0.39 is 24.6 Å². The van der Waals surface area contributed by atoms with Crippen LogP contribution in [0.15, 0.2) is 48.7 Å². The monoisotopic (exact) mass is 989 g/mol. The Labute approximate surface area is 421 Å². The van der Waals surface area contributed by atoms with Gasteiger partial charge in [-0.3, -0.25) is 14.9 Å². The molecule has 13 atom stereocenters. The predicted octanol–water partition coefficient (Wildman–Crippen LogP) is 8.27. The van der Waals surface area contributed by atoms with Crippen LogP contribution in [0.25, 0.3) is 44.2 Å². The number of fused-ring (bicyclic) bond motifs is 6. The Hall–Kier alpha value is -5.59. The van der Waals surface area contributed by atoms with Crippen molar-refractivity contribution in [2.24, 2.45) is 23.7 Å². The molecule has 5 aliphatic heterocycles. The van der Waals surface area contributed by atoms with Gasteiger partial charge in [0.2, 0.25) is 18.2 Å². The molecule has 5 N–H and O–H groups in total. The lowest BCUT2D eigenvalue weighted by molar-refractivity contribution is -0.152. The number of amides is 3. The fourth-order valence-electron chi connectivity index (χ4n) is 12.9. The summed E-state index contributed by atoms with van der Waals surface area (Å²) >= 11 is 0. The molecule has 1 unspecified atom stereocenters. The number of hydrogen-bond donors (Lipinski definition) is 5. The SMILES string of the molecule is COC(=O)N[C@H](C(=O)N1[C@H](c2nc3c(ccc4cc5c(cc43)OCc3cc(-c4cnc([C@@H]6C[C@H](C)[C@H](C)N6C(=O)[C@@H](NC(O)OC)C6C[C@@H](C)O[C@H](C)C6)[nH]4)ccc3-5)[nH]2)C[C@H](C)[C@@H]1C)C1C[C@@H](C)O[C@H](C)C1. The van der Waals surface area contributed by atoms with Crippen molar-refractivity contribution in [2.75, 3.05) is 14.2 Å². The number of aromatic amines is 2. The summed E-state index contributed by atoms with van der Waals surface area (Å²) in [7, 11) is 2.74. The molecule has 72 heavy (non-hydrogen) atoms. The average molecular weight is 989 g/mol. The highest BCUT2D eigenvalue weighted by molar-refractivity contribution is 6.07. The van der Waals surface area contributed by atoms with E-state index in [0.717, 1.165) is 74.2 Å². The maximum absolute atomic E-state index is 14.8. The van der Waals surface area contributed by atoms with Gasteiger partial charge in [0.05, 0.1) is 72.6 Å². The molecule has 0 aliphatic carbocycles. The van der Waals surface area contributed by atoms with Crippen LogP contribution in [0.4, 0.5) is 4.79 Å². The van der Waals surface area contributed by atoms with Gasteiger partial charge in [0, 0.05) is 30.1 Å². The Kier molecular flexibility index (Phi) is 13.9. The first-order chi connectivity index (χ1) is 34.5. The largest absolute Gasteiger partial charge is 0.488 e. The highest BCUT2D eigenvalue weighted by Crippen LogP contribution is 2.46. The van der Waals surface area contributed by atoms with Gasteiger partial charge in [-0.15, -0.1) is 0 Å². The quantitative estimate of drug-likeness (QED) is 0.0794. The van der Waals surface area contributed by atoms with E-state index in [0.29, 0.717) is 38.1 Å². The van der Waals surface area contributed by atoms with Crippen LogP contribution in [-0.4, -0.2) is 122 Å². The number of ether oxygens (including phenoxy) is 5. The van der Waals surface area contributed by atoms with E-state index in [-0.39, 0.29) is 84.1 Å². The molecule has 10 rings (SSSR count). The van der Waals surface area contributed by atoms with Crippen LogP contribution in [-0.2, 0) is 35.1 Å². The molecule has 0 bridgehead atoms. The first-order valence-corrected chi connectivity index (χ1v) is 26.0. The fraction of sp³-hybridized carbons (Fsp3) is 0.582. The van der Waals surface area contributed by atoms with Gasteiger partial charge in [-0.25, -0.2) is 14.8 Å². The van der Waals surface area contributed by atoms with Gasteiger partial charge in [0.1, 0.15) is 30.0 Å². The molecule has 4 saturated heterocycles. The lowest BCUT2D eigenvalue weighted by Crippen LogP contribution is -2.57. The number of rotatable bonds is 11. The summed E-state index contributed by atoms with van der Waals surface area (Å²) in [5.41, 5.74) is 6.60. The van der Waals surface area contributed by atoms with Gasteiger partial charge in [0.25, 0.3) is 0 Å². The summed E-state index contributed by atoms with van der Waals surface area (Å²) in [5, 5.41) is 18.6. The van der Waals surface area contributed by atoms with Crippen molar-refractivity contribution in [3.8, 4) is 28.1 Å². The Morgan fingerprint density at radius 3 is 1.97 bits per heavy atom. The summed E-state index contributed by atoms with van der Waals surface area (Å²) in [6.45, 7) is 17.0. The van der Waals surface area contributed by atoms with E-state index >= 15 is 0 Å². The number of H-pyrrole nitrogens is 2. The molecule has 0 radical (unpaired) electrons. The standard InChI is InChI=1S/C55H72N8O9/c1-26-15-44(62(32(26)7)52(64)47(60-54(66)68-9)36-17-28(3)71-29(4)18-36)50-56-24-43(58-50)35-11-13-39-38(21-35)25-70-46-23-40-34(22-41(39)46)12-14-42-49(40)59-51(57-42)45-16-27(2)33(8)63(45)53(65)48(61-55(67)69-10)37-19-30(5)72-31(6)20-37/h11-14,21-24,26-33,36-37,44-45,47-48,54,60,66H,15-20,25H2,1-10H3,(H,56,58)(H,57,59)(H,61,67)/t26-,27-,28+,29+,30+,31+,32-,33-,44-,45-,47-,48-,54?/m0/s1. The maximum atomic E-state index is 14.8. The van der Waals surface area contributed by atoms with E-state index in [1.807, 2.05) is 43.7 Å². The second-order valence-corrected chi connectivity index (χ2v) is 21.7. The van der Waals surface area contributed by atoms with Crippen LogP contribution < -0.4 is 15.4 Å². The van der Waals surface area contributed by atoms with Crippen molar-refractivity contribution in [3.05, 3.63) is 65.9 Å². The Morgan fingerprint density at radius 1 is 0.736 bits per heavy atom. The molecule has 7 heterocycles. The molecule has 4 fully saturated rings. The number of nitrogens with one attached hydrogen (secondary N) is 4. The highest BCUT2D eigenvalue weighted by Gasteiger charge is 2.48. The number of alkyl carbamates (subject to hydrolysis) is 1. The van der Waals surface area contributed by atoms with Gasteiger partial charge < -0.3 is 53.9 Å². The van der Waals surface area contributed by atoms with Crippen molar-refractivity contribution in [2.45, 2.75) is 168 Å². The molecule has 17 heteroatoms. The van der Waals surface area contributed by atoms with Crippen molar-refractivity contribution < 1.29 is 43.2 Å². The van der Waals surface area contributed by atoms with E-state index in [1.165, 1.54) is 14.2 Å². The van der Waals surface area contributed by atoms with Gasteiger partial charge in [0.15, 0.2) is 0 Å². The van der Waals surface area contributed by atoms with Crippen LogP contribution in [0, 0.1) is 23.7 Å². The van der Waals surface area contributed by atoms with E-state index in [1.54, 1.807) is 0 Å². The first-order valence-electron chi connectivity index (χ1n) is 26.0. The third-order valence-corrected chi connectivity index (χ3v) is 16.7. The molecule has 5 aliphatic rings. The van der Waals surface area contributed by atoms with Crippen molar-refractivity contribution >= 4 is 39.7 Å². The number of carbonyl (C=O) groups is 3. The Bertz CT molecular complexity index is 2810. The van der Waals surface area contributed by atoms with E-state index in [2.05, 4.69) is 90.8 Å². The highest BCUT2D eigenvalue weighted by atomic mass is 16.6. The third kappa shape index (κ3) is 9.35. The Morgan fingerprint density at radius 2 is 1.35 bits per heavy atom. The minimum Gasteiger partial charge on any atom is -0.488 e. The maximum Gasteiger partial charge on any atom is 0.407 e. The van der Waals surface area contributed by atoms with E-state index in [9.17, 15) is 19.5 Å². The van der Waals surface area contributed by atoms with Gasteiger partial charge in [-0.2, -0.15) is 0 Å². The smallest absolute Gasteiger partial charge is 0.407 e. The predicted molar refractivity (Wildman–Crippen MR) is 271 cm³/mol. The number of carbonyl (C=O) groups excluding carboxylic acids is 3. The summed E-state index contributed by atoms with van der Waals surface area (Å²) in [6.07, 6.45) is 3.98. The average Bonchev–Trinajstić information content (AvgIpc) is 4.15. The molecule has 0 saturated carbocycles.